The van der Waals surface area contributed by atoms with Gasteiger partial charge in [0.15, 0.2) is 11.5 Å². The Balaban J connectivity index is 2.01. The zero-order valence-corrected chi connectivity index (χ0v) is 20.9. The Kier molecular flexibility index (Phi) is 8.00. The largest absolute Gasteiger partial charge is 0.495 e. The standard InChI is InChI=1S/C24H25N3O8S/c1-16-5-7-17(8-6-16)26(36(31,32)19-10-12-22(34-3)23(14-19)35-4)15-24(28)25-20-13-18(27(29)30)9-11-21(20)33-2/h5-14H,15H2,1-4H3,(H,25,28). The molecule has 0 heterocycles. The van der Waals surface area contributed by atoms with Crippen molar-refractivity contribution in [3.05, 3.63) is 76.3 Å². The summed E-state index contributed by atoms with van der Waals surface area (Å²) in [4.78, 5) is 23.4. The molecule has 12 heteroatoms. The first-order valence-electron chi connectivity index (χ1n) is 10.5. The van der Waals surface area contributed by atoms with Crippen LogP contribution in [0.15, 0.2) is 65.6 Å². The Morgan fingerprint density at radius 2 is 1.53 bits per heavy atom. The van der Waals surface area contributed by atoms with Gasteiger partial charge in [0.2, 0.25) is 5.91 Å². The highest BCUT2D eigenvalue weighted by molar-refractivity contribution is 7.92. The van der Waals surface area contributed by atoms with Crippen LogP contribution in [0.3, 0.4) is 0 Å². The van der Waals surface area contributed by atoms with E-state index in [0.717, 1.165) is 15.9 Å². The summed E-state index contributed by atoms with van der Waals surface area (Å²) in [6, 6.07) is 14.4. The number of aryl methyl sites for hydroxylation is 1. The Hall–Kier alpha value is -4.32. The molecule has 0 aliphatic carbocycles. The number of carbonyl (C=O) groups excluding carboxylic acids is 1. The van der Waals surface area contributed by atoms with Crippen molar-refractivity contribution in [2.24, 2.45) is 0 Å². The van der Waals surface area contributed by atoms with E-state index in [4.69, 9.17) is 14.2 Å². The van der Waals surface area contributed by atoms with Gasteiger partial charge >= 0.3 is 0 Å². The monoisotopic (exact) mass is 515 g/mol. The molecule has 0 aromatic heterocycles. The molecule has 3 aromatic carbocycles. The summed E-state index contributed by atoms with van der Waals surface area (Å²) in [5, 5.41) is 13.7. The van der Waals surface area contributed by atoms with Crippen LogP contribution in [-0.2, 0) is 14.8 Å². The molecule has 190 valence electrons. The van der Waals surface area contributed by atoms with Gasteiger partial charge in [-0.15, -0.1) is 0 Å². The van der Waals surface area contributed by atoms with Crippen LogP contribution >= 0.6 is 0 Å². The lowest BCUT2D eigenvalue weighted by Gasteiger charge is -2.25. The van der Waals surface area contributed by atoms with E-state index in [1.165, 1.54) is 51.7 Å². The third-order valence-corrected chi connectivity index (χ3v) is 6.99. The topological polar surface area (TPSA) is 137 Å². The Morgan fingerprint density at radius 3 is 2.11 bits per heavy atom. The molecule has 0 atom stereocenters. The molecule has 0 saturated heterocycles. The van der Waals surface area contributed by atoms with E-state index >= 15 is 0 Å². The maximum Gasteiger partial charge on any atom is 0.271 e. The third-order valence-electron chi connectivity index (χ3n) is 5.22. The molecule has 0 unspecified atom stereocenters. The summed E-state index contributed by atoms with van der Waals surface area (Å²) in [5.74, 6) is -0.0148. The summed E-state index contributed by atoms with van der Waals surface area (Å²) in [6.07, 6.45) is 0. The molecule has 0 bridgehead atoms. The zero-order chi connectivity index (χ0) is 26.5. The Bertz CT molecular complexity index is 1370. The maximum absolute atomic E-state index is 13.7. The molecule has 0 fully saturated rings. The van der Waals surface area contributed by atoms with Gasteiger partial charge in [0.1, 0.15) is 12.3 Å². The van der Waals surface area contributed by atoms with Crippen LogP contribution in [0, 0.1) is 17.0 Å². The number of amides is 1. The second-order valence-electron chi connectivity index (χ2n) is 7.55. The minimum absolute atomic E-state index is 0.0315. The maximum atomic E-state index is 13.7. The molecule has 36 heavy (non-hydrogen) atoms. The predicted molar refractivity (Wildman–Crippen MR) is 134 cm³/mol. The number of nitrogens with zero attached hydrogens (tertiary/aromatic N) is 2. The molecule has 11 nitrogen and oxygen atoms in total. The fourth-order valence-electron chi connectivity index (χ4n) is 3.36. The highest BCUT2D eigenvalue weighted by Gasteiger charge is 2.29. The molecular formula is C24H25N3O8S. The molecule has 0 saturated carbocycles. The number of benzene rings is 3. The van der Waals surface area contributed by atoms with Crippen LogP contribution in [0.4, 0.5) is 17.1 Å². The average molecular weight is 516 g/mol. The lowest BCUT2D eigenvalue weighted by Crippen LogP contribution is -2.38. The lowest BCUT2D eigenvalue weighted by atomic mass is 10.2. The van der Waals surface area contributed by atoms with Crippen LogP contribution in [-0.4, -0.2) is 47.1 Å². The van der Waals surface area contributed by atoms with Crippen LogP contribution < -0.4 is 23.8 Å². The average Bonchev–Trinajstić information content (AvgIpc) is 2.87. The number of anilines is 2. The summed E-state index contributed by atoms with van der Waals surface area (Å²) in [5.41, 5.74) is 0.910. The fourth-order valence-corrected chi connectivity index (χ4v) is 4.79. The van der Waals surface area contributed by atoms with E-state index in [9.17, 15) is 23.3 Å². The van der Waals surface area contributed by atoms with E-state index in [2.05, 4.69) is 5.32 Å². The van der Waals surface area contributed by atoms with Crippen LogP contribution in [0.25, 0.3) is 0 Å². The number of non-ortho nitro benzene ring substituents is 1. The van der Waals surface area contributed by atoms with Crippen molar-refractivity contribution in [3.63, 3.8) is 0 Å². The van der Waals surface area contributed by atoms with Gasteiger partial charge in [0.25, 0.3) is 15.7 Å². The van der Waals surface area contributed by atoms with Crippen molar-refractivity contribution in [2.45, 2.75) is 11.8 Å². The second kappa shape index (κ2) is 11.0. The van der Waals surface area contributed by atoms with E-state index in [0.29, 0.717) is 5.75 Å². The molecule has 0 aliphatic heterocycles. The molecular weight excluding hydrogens is 490 g/mol. The van der Waals surface area contributed by atoms with Gasteiger partial charge in [-0.3, -0.25) is 19.2 Å². The van der Waals surface area contributed by atoms with Gasteiger partial charge in [0.05, 0.1) is 42.5 Å². The number of hydrogen-bond donors (Lipinski definition) is 1. The van der Waals surface area contributed by atoms with Crippen molar-refractivity contribution in [1.29, 1.82) is 0 Å². The first kappa shape index (κ1) is 26.3. The van der Waals surface area contributed by atoms with Crippen molar-refractivity contribution >= 4 is 33.0 Å². The second-order valence-corrected chi connectivity index (χ2v) is 9.42. The van der Waals surface area contributed by atoms with Gasteiger partial charge < -0.3 is 19.5 Å². The van der Waals surface area contributed by atoms with Gasteiger partial charge in [0, 0.05) is 18.2 Å². The minimum atomic E-state index is -4.25. The molecule has 3 aromatic rings. The number of nitro groups is 1. The number of nitro benzene ring substituents is 1. The molecule has 0 spiro atoms. The van der Waals surface area contributed by atoms with E-state index in [-0.39, 0.29) is 33.5 Å². The van der Waals surface area contributed by atoms with E-state index < -0.39 is 27.4 Å². The minimum Gasteiger partial charge on any atom is -0.495 e. The first-order valence-corrected chi connectivity index (χ1v) is 12.0. The van der Waals surface area contributed by atoms with Gasteiger partial charge in [-0.2, -0.15) is 0 Å². The molecule has 3 rings (SSSR count). The van der Waals surface area contributed by atoms with Gasteiger partial charge in [-0.05, 0) is 37.3 Å². The quantitative estimate of drug-likeness (QED) is 0.318. The van der Waals surface area contributed by atoms with Crippen molar-refractivity contribution < 1.29 is 32.3 Å². The fraction of sp³-hybridized carbons (Fsp3) is 0.208. The molecule has 0 radical (unpaired) electrons. The first-order chi connectivity index (χ1) is 17.1. The number of ether oxygens (including phenoxy) is 3. The van der Waals surface area contributed by atoms with Crippen LogP contribution in [0.2, 0.25) is 0 Å². The number of rotatable bonds is 10. The zero-order valence-electron chi connectivity index (χ0n) is 20.0. The van der Waals surface area contributed by atoms with Crippen molar-refractivity contribution in [2.75, 3.05) is 37.5 Å². The Morgan fingerprint density at radius 1 is 0.917 bits per heavy atom. The normalized spacial score (nSPS) is 10.9. The summed E-state index contributed by atoms with van der Waals surface area (Å²) >= 11 is 0. The summed E-state index contributed by atoms with van der Waals surface area (Å²) in [7, 11) is -0.0989. The third kappa shape index (κ3) is 5.66. The summed E-state index contributed by atoms with van der Waals surface area (Å²) in [6.45, 7) is 1.23. The van der Waals surface area contributed by atoms with Crippen LogP contribution in [0.1, 0.15) is 5.56 Å². The number of nitrogens with one attached hydrogen (secondary N) is 1. The Labute approximate surface area is 208 Å². The number of methoxy groups -OCH3 is 3. The molecule has 1 amide bonds. The number of sulfonamides is 1. The number of hydrogen-bond acceptors (Lipinski definition) is 8. The van der Waals surface area contributed by atoms with Crippen LogP contribution in [0.5, 0.6) is 17.2 Å². The SMILES string of the molecule is COc1ccc([N+](=O)[O-])cc1NC(=O)CN(c1ccc(C)cc1)S(=O)(=O)c1ccc(OC)c(OC)c1. The van der Waals surface area contributed by atoms with E-state index in [1.807, 2.05) is 6.92 Å². The number of carbonyl (C=O) groups is 1. The molecule has 1 N–H and O–H groups in total. The van der Waals surface area contributed by atoms with E-state index in [1.54, 1.807) is 24.3 Å². The van der Waals surface area contributed by atoms with Gasteiger partial charge in [-0.25, -0.2) is 8.42 Å². The highest BCUT2D eigenvalue weighted by atomic mass is 32.2. The summed E-state index contributed by atoms with van der Waals surface area (Å²) < 4.78 is 43.9. The smallest absolute Gasteiger partial charge is 0.271 e. The van der Waals surface area contributed by atoms with Crippen molar-refractivity contribution in [1.82, 2.24) is 0 Å². The predicted octanol–water partition coefficient (Wildman–Crippen LogP) is 3.76. The van der Waals surface area contributed by atoms with Crippen molar-refractivity contribution in [3.8, 4) is 17.2 Å². The molecule has 0 aliphatic rings. The van der Waals surface area contributed by atoms with Gasteiger partial charge in [-0.1, -0.05) is 17.7 Å². The highest BCUT2D eigenvalue weighted by Crippen LogP contribution is 2.33. The lowest BCUT2D eigenvalue weighted by molar-refractivity contribution is -0.384.